The van der Waals surface area contributed by atoms with Gasteiger partial charge in [0.1, 0.15) is 12.2 Å². The van der Waals surface area contributed by atoms with Gasteiger partial charge in [-0.2, -0.15) is 5.10 Å². The van der Waals surface area contributed by atoms with Crippen molar-refractivity contribution < 1.29 is 19.9 Å². The number of aromatic nitrogens is 2. The Morgan fingerprint density at radius 2 is 2.24 bits per heavy atom. The molecule has 0 aliphatic rings. The van der Waals surface area contributed by atoms with E-state index in [1.54, 1.807) is 0 Å². The van der Waals surface area contributed by atoms with Gasteiger partial charge in [0.25, 0.3) is 5.69 Å². The minimum atomic E-state index is -1.36. The number of aliphatic hydroxyl groups is 2. The number of amides is 1. The quantitative estimate of drug-likeness (QED) is 0.452. The molecule has 0 fully saturated rings. The number of aliphatic hydroxyl groups excluding tert-OH is 2. The number of nitro benzene ring substituents is 1. The minimum absolute atomic E-state index is 0.145. The second kappa shape index (κ2) is 5.85. The van der Waals surface area contributed by atoms with E-state index >= 15 is 0 Å². The van der Waals surface area contributed by atoms with Gasteiger partial charge in [0.15, 0.2) is 0 Å². The smallest absolute Gasteiger partial charge is 0.270 e. The average Bonchev–Trinajstić information content (AvgIpc) is 2.86. The molecule has 21 heavy (non-hydrogen) atoms. The third-order valence-corrected chi connectivity index (χ3v) is 3.00. The SMILES string of the molecule is CC(=O)NCC(O)C(O)c1[nH]nc2ccc([N+](=O)[O-])cc12. The summed E-state index contributed by atoms with van der Waals surface area (Å²) in [5.74, 6) is -0.341. The highest BCUT2D eigenvalue weighted by molar-refractivity contribution is 5.84. The second-order valence-electron chi connectivity index (χ2n) is 4.55. The van der Waals surface area contributed by atoms with E-state index < -0.39 is 17.1 Å². The summed E-state index contributed by atoms with van der Waals surface area (Å²) in [6.07, 6.45) is -2.62. The van der Waals surface area contributed by atoms with Crippen molar-refractivity contribution >= 4 is 22.5 Å². The predicted octanol–water partition coefficient (Wildman–Crippen LogP) is 0.00150. The number of nitro groups is 1. The Morgan fingerprint density at radius 1 is 1.52 bits per heavy atom. The Bertz CT molecular complexity index is 683. The molecule has 2 aromatic rings. The summed E-state index contributed by atoms with van der Waals surface area (Å²) in [6.45, 7) is 1.14. The Balaban J connectivity index is 2.30. The number of hydrogen-bond donors (Lipinski definition) is 4. The van der Waals surface area contributed by atoms with E-state index in [-0.39, 0.29) is 23.8 Å². The van der Waals surface area contributed by atoms with E-state index in [9.17, 15) is 25.1 Å². The van der Waals surface area contributed by atoms with Crippen molar-refractivity contribution in [1.29, 1.82) is 0 Å². The highest BCUT2D eigenvalue weighted by atomic mass is 16.6. The Morgan fingerprint density at radius 3 is 2.86 bits per heavy atom. The summed E-state index contributed by atoms with van der Waals surface area (Å²) < 4.78 is 0. The maximum Gasteiger partial charge on any atom is 0.270 e. The number of benzene rings is 1. The maximum absolute atomic E-state index is 10.8. The van der Waals surface area contributed by atoms with Crippen LogP contribution in [-0.4, -0.2) is 43.9 Å². The second-order valence-corrected chi connectivity index (χ2v) is 4.55. The number of nitrogens with one attached hydrogen (secondary N) is 2. The van der Waals surface area contributed by atoms with Gasteiger partial charge in [0.2, 0.25) is 5.91 Å². The fraction of sp³-hybridized carbons (Fsp3) is 0.333. The van der Waals surface area contributed by atoms with Crippen LogP contribution in [0, 0.1) is 10.1 Å². The van der Waals surface area contributed by atoms with Gasteiger partial charge in [0, 0.05) is 31.0 Å². The molecule has 9 heteroatoms. The van der Waals surface area contributed by atoms with Crippen LogP contribution < -0.4 is 5.32 Å². The van der Waals surface area contributed by atoms with Gasteiger partial charge >= 0.3 is 0 Å². The molecule has 0 bridgehead atoms. The van der Waals surface area contributed by atoms with E-state index in [1.807, 2.05) is 0 Å². The van der Waals surface area contributed by atoms with Crippen LogP contribution in [0.4, 0.5) is 5.69 Å². The predicted molar refractivity (Wildman–Crippen MR) is 72.4 cm³/mol. The highest BCUT2D eigenvalue weighted by Crippen LogP contribution is 2.27. The lowest BCUT2D eigenvalue weighted by Crippen LogP contribution is -2.34. The molecule has 0 aliphatic carbocycles. The number of nitrogens with zero attached hydrogens (tertiary/aromatic N) is 2. The summed E-state index contributed by atoms with van der Waals surface area (Å²) in [5.41, 5.74) is 0.446. The molecule has 0 saturated heterocycles. The van der Waals surface area contributed by atoms with Gasteiger partial charge in [-0.15, -0.1) is 0 Å². The van der Waals surface area contributed by atoms with Gasteiger partial charge in [-0.3, -0.25) is 20.0 Å². The zero-order valence-electron chi connectivity index (χ0n) is 11.1. The highest BCUT2D eigenvalue weighted by Gasteiger charge is 2.23. The van der Waals surface area contributed by atoms with Crippen molar-refractivity contribution in [2.45, 2.75) is 19.1 Å². The third-order valence-electron chi connectivity index (χ3n) is 3.00. The molecule has 0 radical (unpaired) electrons. The standard InChI is InChI=1S/C12H14N4O5/c1-6(17)13-5-10(18)12(19)11-8-4-7(16(20)21)2-3-9(8)14-15-11/h2-4,10,12,18-19H,5H2,1H3,(H,13,17)(H,14,15). The number of rotatable bonds is 5. The van der Waals surface area contributed by atoms with Crippen LogP contribution in [0.2, 0.25) is 0 Å². The van der Waals surface area contributed by atoms with Crippen molar-refractivity contribution in [3.8, 4) is 0 Å². The van der Waals surface area contributed by atoms with Gasteiger partial charge < -0.3 is 15.5 Å². The summed E-state index contributed by atoms with van der Waals surface area (Å²) in [6, 6.07) is 4.01. The molecule has 112 valence electrons. The summed E-state index contributed by atoms with van der Waals surface area (Å²) in [7, 11) is 0. The van der Waals surface area contributed by atoms with Crippen molar-refractivity contribution in [1.82, 2.24) is 15.5 Å². The van der Waals surface area contributed by atoms with Crippen LogP contribution in [-0.2, 0) is 4.79 Å². The summed E-state index contributed by atoms with van der Waals surface area (Å²) in [5, 5.41) is 39.9. The fourth-order valence-corrected chi connectivity index (χ4v) is 1.91. The molecule has 1 heterocycles. The van der Waals surface area contributed by atoms with E-state index in [1.165, 1.54) is 25.1 Å². The molecule has 2 unspecified atom stereocenters. The Hall–Kier alpha value is -2.52. The first-order valence-electron chi connectivity index (χ1n) is 6.13. The van der Waals surface area contributed by atoms with Crippen molar-refractivity contribution in [3.63, 3.8) is 0 Å². The molecular weight excluding hydrogens is 280 g/mol. The lowest BCUT2D eigenvalue weighted by molar-refractivity contribution is -0.384. The lowest BCUT2D eigenvalue weighted by atomic mass is 10.1. The fourth-order valence-electron chi connectivity index (χ4n) is 1.91. The first-order chi connectivity index (χ1) is 9.90. The van der Waals surface area contributed by atoms with Gasteiger partial charge in [-0.1, -0.05) is 0 Å². The van der Waals surface area contributed by atoms with Crippen molar-refractivity contribution in [2.24, 2.45) is 0 Å². The number of fused-ring (bicyclic) bond motifs is 1. The number of H-pyrrole nitrogens is 1. The average molecular weight is 294 g/mol. The van der Waals surface area contributed by atoms with E-state index in [4.69, 9.17) is 0 Å². The minimum Gasteiger partial charge on any atom is -0.388 e. The molecule has 1 aromatic heterocycles. The Kier molecular flexibility index (Phi) is 4.15. The molecule has 1 aromatic carbocycles. The molecule has 2 atom stereocenters. The van der Waals surface area contributed by atoms with E-state index in [0.29, 0.717) is 10.9 Å². The number of hydrogen-bond acceptors (Lipinski definition) is 6. The zero-order chi connectivity index (χ0) is 15.6. The molecule has 0 saturated carbocycles. The summed E-state index contributed by atoms with van der Waals surface area (Å²) in [4.78, 5) is 21.0. The van der Waals surface area contributed by atoms with Crippen molar-refractivity contribution in [3.05, 3.63) is 34.0 Å². The summed E-state index contributed by atoms with van der Waals surface area (Å²) >= 11 is 0. The largest absolute Gasteiger partial charge is 0.388 e. The number of carbonyl (C=O) groups excluding carboxylic acids is 1. The van der Waals surface area contributed by atoms with Crippen LogP contribution in [0.5, 0.6) is 0 Å². The lowest BCUT2D eigenvalue weighted by Gasteiger charge is -2.16. The number of aromatic amines is 1. The number of carbonyl (C=O) groups is 1. The van der Waals surface area contributed by atoms with Gasteiger partial charge in [-0.25, -0.2) is 0 Å². The molecule has 1 amide bonds. The third kappa shape index (κ3) is 3.15. The Labute approximate surface area is 118 Å². The zero-order valence-corrected chi connectivity index (χ0v) is 11.1. The van der Waals surface area contributed by atoms with Gasteiger partial charge in [-0.05, 0) is 6.07 Å². The normalized spacial score (nSPS) is 13.9. The van der Waals surface area contributed by atoms with Crippen LogP contribution >= 0.6 is 0 Å². The molecule has 2 rings (SSSR count). The molecule has 0 aliphatic heterocycles. The van der Waals surface area contributed by atoms with E-state index in [0.717, 1.165) is 0 Å². The maximum atomic E-state index is 10.8. The van der Waals surface area contributed by atoms with Crippen LogP contribution in [0.1, 0.15) is 18.7 Å². The van der Waals surface area contributed by atoms with Crippen LogP contribution in [0.3, 0.4) is 0 Å². The monoisotopic (exact) mass is 294 g/mol. The van der Waals surface area contributed by atoms with Crippen LogP contribution in [0.15, 0.2) is 18.2 Å². The van der Waals surface area contributed by atoms with Gasteiger partial charge in [0.05, 0.1) is 16.1 Å². The first kappa shape index (κ1) is 14.9. The molecular formula is C12H14N4O5. The topological polar surface area (TPSA) is 141 Å². The molecule has 0 spiro atoms. The van der Waals surface area contributed by atoms with E-state index in [2.05, 4.69) is 15.5 Å². The van der Waals surface area contributed by atoms with Crippen LogP contribution in [0.25, 0.3) is 10.9 Å². The van der Waals surface area contributed by atoms with Crippen molar-refractivity contribution in [2.75, 3.05) is 6.54 Å². The molecule has 9 nitrogen and oxygen atoms in total. The molecule has 4 N–H and O–H groups in total. The number of non-ortho nitro benzene ring substituents is 1. The first-order valence-corrected chi connectivity index (χ1v) is 6.13.